The van der Waals surface area contributed by atoms with Crippen LogP contribution in [0.3, 0.4) is 0 Å². The summed E-state index contributed by atoms with van der Waals surface area (Å²) in [6.45, 7) is 6.45. The van der Waals surface area contributed by atoms with Crippen LogP contribution in [0.15, 0.2) is 18.2 Å². The van der Waals surface area contributed by atoms with Gasteiger partial charge < -0.3 is 14.6 Å². The molecule has 0 atom stereocenters. The number of amides is 1. The highest BCUT2D eigenvalue weighted by molar-refractivity contribution is 5.88. The number of carbonyl (C=O) groups is 1. The summed E-state index contributed by atoms with van der Waals surface area (Å²) in [5.74, 6) is -0.131. The SMILES string of the molecule is CCCN(C(=O)O)c1cccc2c1OC(C)(C)OC2. The molecule has 0 unspecified atom stereocenters. The van der Waals surface area contributed by atoms with Crippen LogP contribution < -0.4 is 9.64 Å². The molecule has 0 bridgehead atoms. The fraction of sp³-hybridized carbons (Fsp3) is 0.500. The van der Waals surface area contributed by atoms with Crippen molar-refractivity contribution in [2.24, 2.45) is 0 Å². The maximum absolute atomic E-state index is 11.4. The molecule has 0 aromatic heterocycles. The van der Waals surface area contributed by atoms with Crippen LogP contribution in [-0.2, 0) is 11.3 Å². The molecule has 0 radical (unpaired) electrons. The van der Waals surface area contributed by atoms with Gasteiger partial charge in [-0.25, -0.2) is 4.79 Å². The molecule has 0 saturated carbocycles. The molecule has 1 heterocycles. The number of para-hydroxylation sites is 1. The third-order valence-corrected chi connectivity index (χ3v) is 2.97. The molecule has 5 nitrogen and oxygen atoms in total. The zero-order chi connectivity index (χ0) is 14.0. The van der Waals surface area contributed by atoms with Gasteiger partial charge in [0, 0.05) is 26.0 Å². The highest BCUT2D eigenvalue weighted by atomic mass is 16.7. The Balaban J connectivity index is 2.44. The van der Waals surface area contributed by atoms with Gasteiger partial charge >= 0.3 is 6.09 Å². The maximum Gasteiger partial charge on any atom is 0.411 e. The van der Waals surface area contributed by atoms with Crippen LogP contribution in [0, 0.1) is 0 Å². The summed E-state index contributed by atoms with van der Waals surface area (Å²) in [6.07, 6.45) is -0.223. The van der Waals surface area contributed by atoms with Gasteiger partial charge in [-0.2, -0.15) is 0 Å². The summed E-state index contributed by atoms with van der Waals surface area (Å²) in [5.41, 5.74) is 1.46. The van der Waals surface area contributed by atoms with E-state index in [-0.39, 0.29) is 0 Å². The van der Waals surface area contributed by atoms with Crippen molar-refractivity contribution in [3.63, 3.8) is 0 Å². The second-order valence-electron chi connectivity index (χ2n) is 4.99. The Morgan fingerprint density at radius 2 is 2.21 bits per heavy atom. The number of nitrogens with zero attached hydrogens (tertiary/aromatic N) is 1. The summed E-state index contributed by atoms with van der Waals surface area (Å²) in [7, 11) is 0. The molecule has 0 fully saturated rings. The predicted molar refractivity (Wildman–Crippen MR) is 71.6 cm³/mol. The van der Waals surface area contributed by atoms with Crippen molar-refractivity contribution < 1.29 is 19.4 Å². The minimum Gasteiger partial charge on any atom is -0.465 e. The number of rotatable bonds is 3. The maximum atomic E-state index is 11.4. The molecule has 0 saturated heterocycles. The summed E-state index contributed by atoms with van der Waals surface area (Å²) >= 11 is 0. The van der Waals surface area contributed by atoms with Gasteiger partial charge in [-0.05, 0) is 12.5 Å². The lowest BCUT2D eigenvalue weighted by atomic mass is 10.1. The van der Waals surface area contributed by atoms with E-state index >= 15 is 0 Å². The summed E-state index contributed by atoms with van der Waals surface area (Å²) < 4.78 is 11.4. The second-order valence-corrected chi connectivity index (χ2v) is 4.99. The predicted octanol–water partition coefficient (Wildman–Crippen LogP) is 3.23. The fourth-order valence-electron chi connectivity index (χ4n) is 2.08. The van der Waals surface area contributed by atoms with E-state index in [0.717, 1.165) is 12.0 Å². The van der Waals surface area contributed by atoms with Gasteiger partial charge in [-0.15, -0.1) is 0 Å². The largest absolute Gasteiger partial charge is 0.465 e. The van der Waals surface area contributed by atoms with Crippen molar-refractivity contribution in [3.8, 4) is 5.75 Å². The quantitative estimate of drug-likeness (QED) is 0.911. The number of benzene rings is 1. The van der Waals surface area contributed by atoms with Crippen LogP contribution in [0.2, 0.25) is 0 Å². The first-order valence-corrected chi connectivity index (χ1v) is 6.40. The Labute approximate surface area is 112 Å². The normalized spacial score (nSPS) is 16.4. The van der Waals surface area contributed by atoms with Crippen LogP contribution in [0.1, 0.15) is 32.8 Å². The molecule has 1 amide bonds. The summed E-state index contributed by atoms with van der Waals surface area (Å²) in [5, 5.41) is 9.33. The second kappa shape index (κ2) is 5.09. The number of ether oxygens (including phenoxy) is 2. The van der Waals surface area contributed by atoms with E-state index < -0.39 is 11.9 Å². The minimum atomic E-state index is -0.969. The van der Waals surface area contributed by atoms with E-state index in [2.05, 4.69) is 0 Å². The molecule has 1 aliphatic heterocycles. The van der Waals surface area contributed by atoms with Gasteiger partial charge in [0.15, 0.2) is 5.75 Å². The number of hydrogen-bond donors (Lipinski definition) is 1. The zero-order valence-electron chi connectivity index (χ0n) is 11.5. The zero-order valence-corrected chi connectivity index (χ0v) is 11.5. The lowest BCUT2D eigenvalue weighted by Crippen LogP contribution is -2.37. The van der Waals surface area contributed by atoms with Crippen molar-refractivity contribution in [1.29, 1.82) is 0 Å². The summed E-state index contributed by atoms with van der Waals surface area (Å²) in [6, 6.07) is 5.48. The minimum absolute atomic E-state index is 0.426. The molecular formula is C14H19NO4. The third-order valence-electron chi connectivity index (χ3n) is 2.97. The first-order valence-electron chi connectivity index (χ1n) is 6.40. The highest BCUT2D eigenvalue weighted by Crippen LogP contribution is 2.39. The Hall–Kier alpha value is -1.75. The average molecular weight is 265 g/mol. The molecule has 0 aliphatic carbocycles. The Kier molecular flexibility index (Phi) is 3.66. The molecule has 1 aromatic rings. The van der Waals surface area contributed by atoms with Gasteiger partial charge in [-0.3, -0.25) is 4.90 Å². The monoisotopic (exact) mass is 265 g/mol. The van der Waals surface area contributed by atoms with Crippen LogP contribution in [-0.4, -0.2) is 23.5 Å². The molecule has 19 heavy (non-hydrogen) atoms. The number of fused-ring (bicyclic) bond motifs is 1. The van der Waals surface area contributed by atoms with Crippen LogP contribution in [0.25, 0.3) is 0 Å². The molecule has 1 N–H and O–H groups in total. The van der Waals surface area contributed by atoms with Crippen molar-refractivity contribution in [2.75, 3.05) is 11.4 Å². The van der Waals surface area contributed by atoms with Crippen LogP contribution in [0.5, 0.6) is 5.75 Å². The molecule has 2 rings (SSSR count). The van der Waals surface area contributed by atoms with E-state index in [9.17, 15) is 9.90 Å². The van der Waals surface area contributed by atoms with E-state index in [1.807, 2.05) is 32.9 Å². The lowest BCUT2D eigenvalue weighted by molar-refractivity contribution is -0.179. The van der Waals surface area contributed by atoms with Crippen LogP contribution in [0.4, 0.5) is 10.5 Å². The molecule has 1 aliphatic rings. The highest BCUT2D eigenvalue weighted by Gasteiger charge is 2.31. The van der Waals surface area contributed by atoms with Gasteiger partial charge in [0.2, 0.25) is 5.79 Å². The first-order chi connectivity index (χ1) is 8.94. The topological polar surface area (TPSA) is 59.0 Å². The molecule has 104 valence electrons. The first kappa shape index (κ1) is 13.7. The van der Waals surface area contributed by atoms with E-state index in [4.69, 9.17) is 9.47 Å². The van der Waals surface area contributed by atoms with Gasteiger partial charge in [0.25, 0.3) is 0 Å². The van der Waals surface area contributed by atoms with Gasteiger partial charge in [0.1, 0.15) is 0 Å². The Morgan fingerprint density at radius 1 is 1.47 bits per heavy atom. The van der Waals surface area contributed by atoms with Crippen LogP contribution >= 0.6 is 0 Å². The van der Waals surface area contributed by atoms with E-state index in [1.54, 1.807) is 6.07 Å². The molecule has 1 aromatic carbocycles. The van der Waals surface area contributed by atoms with E-state index in [0.29, 0.717) is 24.6 Å². The van der Waals surface area contributed by atoms with Gasteiger partial charge in [0.05, 0.1) is 12.3 Å². The number of carboxylic acid groups (broad SMARTS) is 1. The van der Waals surface area contributed by atoms with Crippen molar-refractivity contribution in [2.45, 2.75) is 39.6 Å². The van der Waals surface area contributed by atoms with E-state index in [1.165, 1.54) is 4.90 Å². The lowest BCUT2D eigenvalue weighted by Gasteiger charge is -2.35. The summed E-state index contributed by atoms with van der Waals surface area (Å²) in [4.78, 5) is 12.7. The molecule has 5 heteroatoms. The molecular weight excluding hydrogens is 246 g/mol. The molecule has 0 spiro atoms. The smallest absolute Gasteiger partial charge is 0.411 e. The van der Waals surface area contributed by atoms with Crippen molar-refractivity contribution >= 4 is 11.8 Å². The standard InChI is InChI=1S/C14H19NO4/c1-4-8-15(13(16)17)11-7-5-6-10-9-18-14(2,3)19-12(10)11/h5-7H,4,8-9H2,1-3H3,(H,16,17). The van der Waals surface area contributed by atoms with Crippen molar-refractivity contribution in [1.82, 2.24) is 0 Å². The fourth-order valence-corrected chi connectivity index (χ4v) is 2.08. The average Bonchev–Trinajstić information content (AvgIpc) is 2.34. The third kappa shape index (κ3) is 2.81. The van der Waals surface area contributed by atoms with Gasteiger partial charge in [-0.1, -0.05) is 19.1 Å². The Morgan fingerprint density at radius 3 is 2.84 bits per heavy atom. The van der Waals surface area contributed by atoms with Crippen molar-refractivity contribution in [3.05, 3.63) is 23.8 Å². The number of hydrogen-bond acceptors (Lipinski definition) is 3. The Bertz CT molecular complexity index is 484. The number of anilines is 1.